The monoisotopic (exact) mass is 405 g/mol. The van der Waals surface area contributed by atoms with Crippen molar-refractivity contribution in [3.63, 3.8) is 0 Å². The number of hydrogen-bond donors (Lipinski definition) is 2. The fourth-order valence-electron chi connectivity index (χ4n) is 2.70. The molecule has 1 heterocycles. The first-order chi connectivity index (χ1) is 13.4. The zero-order valence-electron chi connectivity index (χ0n) is 16.5. The van der Waals surface area contributed by atoms with Crippen LogP contribution in [0.1, 0.15) is 43.2 Å². The smallest absolute Gasteiger partial charge is 0.305 e. The van der Waals surface area contributed by atoms with Gasteiger partial charge in [0.15, 0.2) is 5.17 Å². The molecule has 2 N–H and O–H groups in total. The van der Waals surface area contributed by atoms with Gasteiger partial charge >= 0.3 is 5.97 Å². The lowest BCUT2D eigenvalue weighted by atomic mass is 10.1. The average Bonchev–Trinajstić information content (AvgIpc) is 3.00. The molecule has 28 heavy (non-hydrogen) atoms. The van der Waals surface area contributed by atoms with E-state index in [-0.39, 0.29) is 24.2 Å². The van der Waals surface area contributed by atoms with Gasteiger partial charge in [-0.15, -0.1) is 0 Å². The third-order valence-corrected chi connectivity index (χ3v) is 5.46. The lowest BCUT2D eigenvalue weighted by Crippen LogP contribution is -2.28. The number of esters is 1. The van der Waals surface area contributed by atoms with Crippen LogP contribution in [0.2, 0.25) is 0 Å². The minimum Gasteiger partial charge on any atom is -0.469 e. The molecule has 1 aliphatic heterocycles. The van der Waals surface area contributed by atoms with Crippen LogP contribution in [-0.4, -0.2) is 41.9 Å². The van der Waals surface area contributed by atoms with Crippen molar-refractivity contribution in [1.82, 2.24) is 5.32 Å². The highest BCUT2D eigenvalue weighted by Crippen LogP contribution is 2.24. The van der Waals surface area contributed by atoms with Crippen molar-refractivity contribution in [1.29, 1.82) is 0 Å². The van der Waals surface area contributed by atoms with Crippen LogP contribution in [0.15, 0.2) is 23.2 Å². The minimum absolute atomic E-state index is 0.0992. The number of amides is 2. The van der Waals surface area contributed by atoms with Crippen LogP contribution in [0, 0.1) is 13.8 Å². The van der Waals surface area contributed by atoms with Crippen LogP contribution >= 0.6 is 11.8 Å². The second kappa shape index (κ2) is 10.8. The lowest BCUT2D eigenvalue weighted by Gasteiger charge is -2.10. The van der Waals surface area contributed by atoms with Gasteiger partial charge in [0.1, 0.15) is 5.25 Å². The summed E-state index contributed by atoms with van der Waals surface area (Å²) >= 11 is 1.29. The Bertz CT molecular complexity index is 764. The topological polar surface area (TPSA) is 96.9 Å². The molecule has 1 fully saturated rings. The number of benzene rings is 1. The number of nitrogens with one attached hydrogen (secondary N) is 2. The number of aliphatic imine (C=N–C) groups is 1. The van der Waals surface area contributed by atoms with E-state index >= 15 is 0 Å². The summed E-state index contributed by atoms with van der Waals surface area (Å²) in [5.74, 6) is -0.581. The highest BCUT2D eigenvalue weighted by molar-refractivity contribution is 8.15. The number of ether oxygens (including phenoxy) is 1. The van der Waals surface area contributed by atoms with Gasteiger partial charge in [-0.3, -0.25) is 19.4 Å². The molecule has 2 amide bonds. The molecule has 2 rings (SSSR count). The number of nitrogens with zero attached hydrogens (tertiary/aromatic N) is 1. The van der Waals surface area contributed by atoms with E-state index in [2.05, 4.69) is 20.4 Å². The quantitative estimate of drug-likeness (QED) is 0.486. The van der Waals surface area contributed by atoms with Crippen LogP contribution in [-0.2, 0) is 19.1 Å². The number of carbonyl (C=O) groups is 3. The first-order valence-electron chi connectivity index (χ1n) is 9.35. The highest BCUT2D eigenvalue weighted by atomic mass is 32.2. The van der Waals surface area contributed by atoms with Crippen molar-refractivity contribution in [3.8, 4) is 0 Å². The van der Waals surface area contributed by atoms with E-state index in [9.17, 15) is 14.4 Å². The number of carbonyl (C=O) groups excluding carboxylic acids is 3. The SMILES string of the molecule is COC(=O)CCCCCN=C1NC(=O)[C@H](CC(=O)Nc2cc(C)ccc2C)S1. The first-order valence-corrected chi connectivity index (χ1v) is 10.2. The van der Waals surface area contributed by atoms with Crippen LogP contribution < -0.4 is 10.6 Å². The fourth-order valence-corrected chi connectivity index (χ4v) is 3.69. The van der Waals surface area contributed by atoms with Gasteiger partial charge in [-0.05, 0) is 43.9 Å². The van der Waals surface area contributed by atoms with E-state index in [1.165, 1.54) is 18.9 Å². The van der Waals surface area contributed by atoms with E-state index in [1.54, 1.807) is 0 Å². The van der Waals surface area contributed by atoms with Crippen molar-refractivity contribution in [2.24, 2.45) is 4.99 Å². The lowest BCUT2D eigenvalue weighted by molar-refractivity contribution is -0.140. The third kappa shape index (κ3) is 6.99. The summed E-state index contributed by atoms with van der Waals surface area (Å²) in [6.45, 7) is 4.47. The summed E-state index contributed by atoms with van der Waals surface area (Å²) < 4.78 is 4.59. The number of amidine groups is 1. The van der Waals surface area contributed by atoms with Crippen LogP contribution in [0.25, 0.3) is 0 Å². The maximum Gasteiger partial charge on any atom is 0.305 e. The summed E-state index contributed by atoms with van der Waals surface area (Å²) in [7, 11) is 1.38. The summed E-state index contributed by atoms with van der Waals surface area (Å²) in [5.41, 5.74) is 2.82. The minimum atomic E-state index is -0.469. The molecule has 0 saturated carbocycles. The summed E-state index contributed by atoms with van der Waals surface area (Å²) in [4.78, 5) is 39.8. The molecule has 0 aromatic heterocycles. The zero-order chi connectivity index (χ0) is 20.5. The zero-order valence-corrected chi connectivity index (χ0v) is 17.4. The van der Waals surface area contributed by atoms with Gasteiger partial charge in [0.05, 0.1) is 7.11 Å². The Hall–Kier alpha value is -2.35. The van der Waals surface area contributed by atoms with E-state index in [0.717, 1.165) is 36.1 Å². The van der Waals surface area contributed by atoms with Crippen molar-refractivity contribution < 1.29 is 19.1 Å². The Kier molecular flexibility index (Phi) is 8.50. The van der Waals surface area contributed by atoms with E-state index in [4.69, 9.17) is 0 Å². The molecule has 1 atom stereocenters. The molecule has 8 heteroatoms. The van der Waals surface area contributed by atoms with Crippen LogP contribution in [0.3, 0.4) is 0 Å². The van der Waals surface area contributed by atoms with Crippen molar-refractivity contribution >= 4 is 40.4 Å². The number of thioether (sulfide) groups is 1. The number of aryl methyl sites for hydroxylation is 2. The second-order valence-corrected chi connectivity index (χ2v) is 7.93. The van der Waals surface area contributed by atoms with Gasteiger partial charge in [0, 0.05) is 25.1 Å². The van der Waals surface area contributed by atoms with E-state index < -0.39 is 5.25 Å². The summed E-state index contributed by atoms with van der Waals surface area (Å²) in [6.07, 6.45) is 2.97. The Balaban J connectivity index is 1.75. The molecule has 152 valence electrons. The predicted molar refractivity (Wildman–Crippen MR) is 111 cm³/mol. The van der Waals surface area contributed by atoms with Crippen LogP contribution in [0.4, 0.5) is 5.69 Å². The van der Waals surface area contributed by atoms with Crippen LogP contribution in [0.5, 0.6) is 0 Å². The molecule has 1 aromatic carbocycles. The number of methoxy groups -OCH3 is 1. The number of anilines is 1. The molecule has 0 aliphatic carbocycles. The number of unbranched alkanes of at least 4 members (excludes halogenated alkanes) is 2. The molecular formula is C20H27N3O4S. The van der Waals surface area contributed by atoms with Gasteiger partial charge in [0.2, 0.25) is 11.8 Å². The Morgan fingerprint density at radius 3 is 2.79 bits per heavy atom. The van der Waals surface area contributed by atoms with E-state index in [1.807, 2.05) is 32.0 Å². The summed E-state index contributed by atoms with van der Waals surface area (Å²) in [5, 5.41) is 5.70. The van der Waals surface area contributed by atoms with Gasteiger partial charge in [-0.25, -0.2) is 0 Å². The highest BCUT2D eigenvalue weighted by Gasteiger charge is 2.32. The molecule has 0 radical (unpaired) electrons. The molecule has 1 aromatic rings. The van der Waals surface area contributed by atoms with Gasteiger partial charge in [-0.2, -0.15) is 0 Å². The molecule has 0 spiro atoms. The molecular weight excluding hydrogens is 378 g/mol. The van der Waals surface area contributed by atoms with Crippen molar-refractivity contribution in [2.75, 3.05) is 19.0 Å². The standard InChI is InChI=1S/C20H27N3O4S/c1-13-8-9-14(2)15(11-13)22-17(24)12-16-19(26)23-20(28-16)21-10-6-4-5-7-18(25)27-3/h8-9,11,16H,4-7,10,12H2,1-3H3,(H,22,24)(H,21,23,26)/t16-/m0/s1. The maximum atomic E-state index is 12.3. The second-order valence-electron chi connectivity index (χ2n) is 6.74. The molecule has 1 saturated heterocycles. The van der Waals surface area contributed by atoms with Gasteiger partial charge < -0.3 is 15.4 Å². The predicted octanol–water partition coefficient (Wildman–Crippen LogP) is 2.95. The number of hydrogen-bond acceptors (Lipinski definition) is 6. The summed E-state index contributed by atoms with van der Waals surface area (Å²) in [6, 6.07) is 5.86. The maximum absolute atomic E-state index is 12.3. The largest absolute Gasteiger partial charge is 0.469 e. The Labute approximate surface area is 169 Å². The molecule has 1 aliphatic rings. The fraction of sp³-hybridized carbons (Fsp3) is 0.500. The first kappa shape index (κ1) is 21.9. The van der Waals surface area contributed by atoms with E-state index in [0.29, 0.717) is 18.1 Å². The Morgan fingerprint density at radius 1 is 1.25 bits per heavy atom. The number of rotatable bonds is 9. The normalized spacial score (nSPS) is 17.5. The van der Waals surface area contributed by atoms with Crippen molar-refractivity contribution in [3.05, 3.63) is 29.3 Å². The van der Waals surface area contributed by atoms with Gasteiger partial charge in [0.25, 0.3) is 0 Å². The Morgan fingerprint density at radius 2 is 2.04 bits per heavy atom. The average molecular weight is 406 g/mol. The molecule has 0 bridgehead atoms. The third-order valence-electron chi connectivity index (χ3n) is 4.34. The van der Waals surface area contributed by atoms with Crippen molar-refractivity contribution in [2.45, 2.75) is 51.2 Å². The molecule has 0 unspecified atom stereocenters. The molecule has 7 nitrogen and oxygen atoms in total. The van der Waals surface area contributed by atoms with Gasteiger partial charge in [-0.1, -0.05) is 30.3 Å².